The van der Waals surface area contributed by atoms with Gasteiger partial charge in [0.15, 0.2) is 0 Å². The van der Waals surface area contributed by atoms with Crippen LogP contribution in [0.25, 0.3) is 0 Å². The predicted molar refractivity (Wildman–Crippen MR) is 82.7 cm³/mol. The highest BCUT2D eigenvalue weighted by Crippen LogP contribution is 2.52. The molecular weight excluding hydrogens is 230 g/mol. The summed E-state index contributed by atoms with van der Waals surface area (Å²) in [4.78, 5) is 0. The van der Waals surface area contributed by atoms with Gasteiger partial charge in [-0.1, -0.05) is 51.3 Å². The van der Waals surface area contributed by atoms with Crippen LogP contribution in [0.15, 0.2) is 24.3 Å². The Hall–Kier alpha value is -0.980. The van der Waals surface area contributed by atoms with Crippen molar-refractivity contribution in [3.8, 4) is 0 Å². The lowest BCUT2D eigenvalue weighted by molar-refractivity contribution is 0.0571. The molecule has 1 aromatic carbocycles. The molecule has 1 heteroatoms. The molecule has 104 valence electrons. The van der Waals surface area contributed by atoms with E-state index in [4.69, 9.17) is 0 Å². The van der Waals surface area contributed by atoms with Crippen molar-refractivity contribution >= 4 is 5.69 Å². The van der Waals surface area contributed by atoms with Crippen molar-refractivity contribution in [1.29, 1.82) is 0 Å². The standard InChI is InChI=1S/C18H27N/c1-14(2)15-8-4-5-9-16(15)19-17-10-13-18(17)11-6-3-7-12-18/h4-5,8-9,14,17,19H,3,6-7,10-13H2,1-2H3. The maximum Gasteiger partial charge on any atom is 0.0377 e. The molecule has 2 fully saturated rings. The van der Waals surface area contributed by atoms with Gasteiger partial charge in [-0.25, -0.2) is 0 Å². The van der Waals surface area contributed by atoms with E-state index in [0.717, 1.165) is 6.04 Å². The van der Waals surface area contributed by atoms with Crippen LogP contribution >= 0.6 is 0 Å². The Morgan fingerprint density at radius 1 is 1.05 bits per heavy atom. The number of anilines is 1. The minimum atomic E-state index is 0.603. The number of para-hydroxylation sites is 1. The molecule has 2 aliphatic carbocycles. The Balaban J connectivity index is 1.75. The highest BCUT2D eigenvalue weighted by atomic mass is 15.0. The Morgan fingerprint density at radius 2 is 1.79 bits per heavy atom. The van der Waals surface area contributed by atoms with Gasteiger partial charge in [-0.2, -0.15) is 0 Å². The lowest BCUT2D eigenvalue weighted by Gasteiger charge is -2.53. The highest BCUT2D eigenvalue weighted by Gasteiger charge is 2.46. The van der Waals surface area contributed by atoms with E-state index >= 15 is 0 Å². The van der Waals surface area contributed by atoms with Gasteiger partial charge in [-0.3, -0.25) is 0 Å². The van der Waals surface area contributed by atoms with Crippen molar-refractivity contribution in [2.75, 3.05) is 5.32 Å². The van der Waals surface area contributed by atoms with E-state index in [1.807, 2.05) is 0 Å². The van der Waals surface area contributed by atoms with Crippen molar-refractivity contribution in [2.24, 2.45) is 5.41 Å². The predicted octanol–water partition coefficient (Wildman–Crippen LogP) is 5.33. The van der Waals surface area contributed by atoms with Crippen LogP contribution in [0.2, 0.25) is 0 Å². The van der Waals surface area contributed by atoms with Crippen LogP contribution in [-0.2, 0) is 0 Å². The van der Waals surface area contributed by atoms with Crippen molar-refractivity contribution in [1.82, 2.24) is 0 Å². The molecule has 0 aliphatic heterocycles. The van der Waals surface area contributed by atoms with E-state index < -0.39 is 0 Å². The summed E-state index contributed by atoms with van der Waals surface area (Å²) >= 11 is 0. The molecule has 2 saturated carbocycles. The largest absolute Gasteiger partial charge is 0.382 e. The fourth-order valence-corrected chi connectivity index (χ4v) is 4.10. The van der Waals surface area contributed by atoms with Crippen molar-refractivity contribution in [3.63, 3.8) is 0 Å². The third-order valence-electron chi connectivity index (χ3n) is 5.43. The lowest BCUT2D eigenvalue weighted by atomic mass is 9.57. The van der Waals surface area contributed by atoms with E-state index in [9.17, 15) is 0 Å². The Labute approximate surface area is 117 Å². The van der Waals surface area contributed by atoms with E-state index in [1.54, 1.807) is 0 Å². The van der Waals surface area contributed by atoms with Crippen molar-refractivity contribution in [3.05, 3.63) is 29.8 Å². The quantitative estimate of drug-likeness (QED) is 0.771. The Kier molecular flexibility index (Phi) is 3.56. The van der Waals surface area contributed by atoms with Gasteiger partial charge in [0.05, 0.1) is 0 Å². The molecule has 1 N–H and O–H groups in total. The number of benzene rings is 1. The van der Waals surface area contributed by atoms with Crippen LogP contribution in [-0.4, -0.2) is 6.04 Å². The molecule has 0 saturated heterocycles. The summed E-state index contributed by atoms with van der Waals surface area (Å²) in [6.45, 7) is 4.58. The molecule has 2 aliphatic rings. The summed E-state index contributed by atoms with van der Waals surface area (Å²) in [5, 5.41) is 3.89. The molecule has 0 aromatic heterocycles. The van der Waals surface area contributed by atoms with Gasteiger partial charge in [-0.15, -0.1) is 0 Å². The highest BCUT2D eigenvalue weighted by molar-refractivity contribution is 5.54. The van der Waals surface area contributed by atoms with Gasteiger partial charge in [0, 0.05) is 11.7 Å². The smallest absolute Gasteiger partial charge is 0.0377 e. The minimum absolute atomic E-state index is 0.603. The molecular formula is C18H27N. The molecule has 19 heavy (non-hydrogen) atoms. The summed E-state index contributed by atoms with van der Waals surface area (Å²) < 4.78 is 0. The zero-order chi connectivity index (χ0) is 13.3. The number of rotatable bonds is 3. The fourth-order valence-electron chi connectivity index (χ4n) is 4.10. The first-order chi connectivity index (χ1) is 9.21. The van der Waals surface area contributed by atoms with Gasteiger partial charge in [0.2, 0.25) is 0 Å². The monoisotopic (exact) mass is 257 g/mol. The minimum Gasteiger partial charge on any atom is -0.382 e. The molecule has 1 spiro atoms. The van der Waals surface area contributed by atoms with Gasteiger partial charge >= 0.3 is 0 Å². The normalized spacial score (nSPS) is 25.3. The first-order valence-corrected chi connectivity index (χ1v) is 8.07. The van der Waals surface area contributed by atoms with E-state index in [2.05, 4.69) is 43.4 Å². The SMILES string of the molecule is CC(C)c1ccccc1NC1CCC12CCCCC2. The zero-order valence-corrected chi connectivity index (χ0v) is 12.4. The first-order valence-electron chi connectivity index (χ1n) is 8.07. The van der Waals surface area contributed by atoms with Crippen molar-refractivity contribution < 1.29 is 0 Å². The molecule has 0 amide bonds. The van der Waals surface area contributed by atoms with Crippen LogP contribution in [0.3, 0.4) is 0 Å². The summed E-state index contributed by atoms with van der Waals surface area (Å²) in [7, 11) is 0. The van der Waals surface area contributed by atoms with Gasteiger partial charge in [-0.05, 0) is 48.6 Å². The molecule has 1 atom stereocenters. The number of nitrogens with one attached hydrogen (secondary N) is 1. The second-order valence-electron chi connectivity index (χ2n) is 6.90. The van der Waals surface area contributed by atoms with Gasteiger partial charge < -0.3 is 5.32 Å². The molecule has 0 heterocycles. The van der Waals surface area contributed by atoms with Crippen LogP contribution in [0.5, 0.6) is 0 Å². The van der Waals surface area contributed by atoms with E-state index in [1.165, 1.54) is 56.2 Å². The zero-order valence-electron chi connectivity index (χ0n) is 12.4. The van der Waals surface area contributed by atoms with Crippen LogP contribution < -0.4 is 5.32 Å². The van der Waals surface area contributed by atoms with Gasteiger partial charge in [0.25, 0.3) is 0 Å². The topological polar surface area (TPSA) is 12.0 Å². The summed E-state index contributed by atoms with van der Waals surface area (Å²) in [6.07, 6.45) is 10.1. The van der Waals surface area contributed by atoms with E-state index in [0.29, 0.717) is 11.3 Å². The second-order valence-corrected chi connectivity index (χ2v) is 6.90. The third-order valence-corrected chi connectivity index (χ3v) is 5.43. The summed E-state index contributed by atoms with van der Waals surface area (Å²) in [5.74, 6) is 0.603. The molecule has 0 radical (unpaired) electrons. The molecule has 1 aromatic rings. The Bertz CT molecular complexity index is 429. The second kappa shape index (κ2) is 5.19. The number of hydrogen-bond donors (Lipinski definition) is 1. The van der Waals surface area contributed by atoms with Crippen molar-refractivity contribution in [2.45, 2.75) is 70.8 Å². The fraction of sp³-hybridized carbons (Fsp3) is 0.667. The Morgan fingerprint density at radius 3 is 2.42 bits per heavy atom. The summed E-state index contributed by atoms with van der Waals surface area (Å²) in [6, 6.07) is 9.61. The first kappa shape index (κ1) is 13.0. The third kappa shape index (κ3) is 2.40. The average molecular weight is 257 g/mol. The van der Waals surface area contributed by atoms with Crippen LogP contribution in [0.4, 0.5) is 5.69 Å². The maximum absolute atomic E-state index is 3.89. The van der Waals surface area contributed by atoms with Crippen LogP contribution in [0, 0.1) is 5.41 Å². The maximum atomic E-state index is 3.89. The molecule has 3 rings (SSSR count). The van der Waals surface area contributed by atoms with E-state index in [-0.39, 0.29) is 0 Å². The lowest BCUT2D eigenvalue weighted by Crippen LogP contribution is -2.50. The molecule has 0 bridgehead atoms. The average Bonchev–Trinajstić information content (AvgIpc) is 2.45. The van der Waals surface area contributed by atoms with Crippen LogP contribution in [0.1, 0.15) is 70.3 Å². The molecule has 1 unspecified atom stereocenters. The summed E-state index contributed by atoms with van der Waals surface area (Å²) in [5.41, 5.74) is 3.50. The number of hydrogen-bond acceptors (Lipinski definition) is 1. The van der Waals surface area contributed by atoms with Gasteiger partial charge in [0.1, 0.15) is 0 Å². The molecule has 1 nitrogen and oxygen atoms in total.